The molecule has 2 N–H and O–H groups in total. The highest BCUT2D eigenvalue weighted by atomic mass is 16.5. The van der Waals surface area contributed by atoms with E-state index in [-0.39, 0.29) is 11.8 Å². The second-order valence-electron chi connectivity index (χ2n) is 7.86. The van der Waals surface area contributed by atoms with Crippen LogP contribution in [0.5, 0.6) is 5.75 Å². The molecule has 0 aliphatic carbocycles. The largest absolute Gasteiger partial charge is 0.492 e. The number of carbonyl (C=O) groups excluding carboxylic acids is 1. The van der Waals surface area contributed by atoms with Gasteiger partial charge in [0.2, 0.25) is 11.9 Å². The molecule has 0 bridgehead atoms. The van der Waals surface area contributed by atoms with E-state index in [2.05, 4.69) is 25.2 Å². The Labute approximate surface area is 188 Å². The minimum atomic E-state index is -0.0298. The average molecular weight is 438 g/mol. The number of fused-ring (bicyclic) bond motifs is 1. The van der Waals surface area contributed by atoms with Gasteiger partial charge in [-0.05, 0) is 38.8 Å². The van der Waals surface area contributed by atoms with Crippen LogP contribution in [0.25, 0.3) is 11.2 Å². The van der Waals surface area contributed by atoms with Gasteiger partial charge >= 0.3 is 0 Å². The maximum absolute atomic E-state index is 12.9. The summed E-state index contributed by atoms with van der Waals surface area (Å²) in [6.07, 6.45) is 3.46. The number of anilines is 2. The van der Waals surface area contributed by atoms with E-state index < -0.39 is 0 Å². The summed E-state index contributed by atoms with van der Waals surface area (Å²) in [5.41, 5.74) is 1.37. The lowest BCUT2D eigenvalue weighted by atomic mass is 9.96. The summed E-state index contributed by atoms with van der Waals surface area (Å²) < 4.78 is 5.77. The highest BCUT2D eigenvalue weighted by molar-refractivity contribution is 5.84. The van der Waals surface area contributed by atoms with Crippen molar-refractivity contribution in [3.63, 3.8) is 0 Å². The SMILES string of the molecule is CCN(CC)C(=O)C1CCCN(c2nc(NCCOc3ccccc3)c3[nH]cnc3n2)C1. The Balaban J connectivity index is 1.45. The van der Waals surface area contributed by atoms with E-state index in [0.29, 0.717) is 37.1 Å². The lowest BCUT2D eigenvalue weighted by molar-refractivity contribution is -0.135. The zero-order valence-electron chi connectivity index (χ0n) is 18.8. The quantitative estimate of drug-likeness (QED) is 0.497. The van der Waals surface area contributed by atoms with Gasteiger partial charge in [0.25, 0.3) is 0 Å². The standard InChI is InChI=1S/C23H31N7O2/c1-3-29(4-2)22(31)17-9-8-13-30(15-17)23-27-20(19-21(28-23)26-16-25-19)24-12-14-32-18-10-6-5-7-11-18/h5-7,10-11,16-17H,3-4,8-9,12-15H2,1-2H3,(H2,24,25,26,27,28). The fraction of sp³-hybridized carbons (Fsp3) is 0.478. The van der Waals surface area contributed by atoms with Crippen LogP contribution >= 0.6 is 0 Å². The Bertz CT molecular complexity index is 1020. The molecule has 0 spiro atoms. The van der Waals surface area contributed by atoms with Gasteiger partial charge in [-0.15, -0.1) is 0 Å². The molecule has 3 aromatic rings. The lowest BCUT2D eigenvalue weighted by Gasteiger charge is -2.34. The second-order valence-corrected chi connectivity index (χ2v) is 7.86. The number of ether oxygens (including phenoxy) is 1. The van der Waals surface area contributed by atoms with Crippen LogP contribution < -0.4 is 15.0 Å². The molecule has 9 heteroatoms. The number of hydrogen-bond acceptors (Lipinski definition) is 7. The number of H-pyrrole nitrogens is 1. The molecule has 2 aromatic heterocycles. The first-order chi connectivity index (χ1) is 15.7. The maximum Gasteiger partial charge on any atom is 0.229 e. The molecule has 0 radical (unpaired) electrons. The topological polar surface area (TPSA) is 99.3 Å². The number of para-hydroxylation sites is 1. The maximum atomic E-state index is 12.9. The fourth-order valence-electron chi connectivity index (χ4n) is 4.10. The van der Waals surface area contributed by atoms with E-state index in [1.165, 1.54) is 0 Å². The third kappa shape index (κ3) is 4.92. The molecule has 3 heterocycles. The van der Waals surface area contributed by atoms with Gasteiger partial charge < -0.3 is 24.8 Å². The predicted molar refractivity (Wildman–Crippen MR) is 125 cm³/mol. The second kappa shape index (κ2) is 10.3. The van der Waals surface area contributed by atoms with Gasteiger partial charge in [-0.1, -0.05) is 18.2 Å². The number of aromatic amines is 1. The van der Waals surface area contributed by atoms with Gasteiger partial charge in [0, 0.05) is 26.2 Å². The summed E-state index contributed by atoms with van der Waals surface area (Å²) in [4.78, 5) is 33.8. The smallest absolute Gasteiger partial charge is 0.229 e. The van der Waals surface area contributed by atoms with Crippen molar-refractivity contribution in [2.75, 3.05) is 49.5 Å². The molecule has 0 saturated carbocycles. The van der Waals surface area contributed by atoms with Crippen molar-refractivity contribution in [2.45, 2.75) is 26.7 Å². The highest BCUT2D eigenvalue weighted by Gasteiger charge is 2.30. The van der Waals surface area contributed by atoms with Gasteiger partial charge in [-0.2, -0.15) is 9.97 Å². The zero-order chi connectivity index (χ0) is 22.3. The van der Waals surface area contributed by atoms with Gasteiger partial charge in [0.1, 0.15) is 17.9 Å². The first kappa shape index (κ1) is 21.9. The van der Waals surface area contributed by atoms with Crippen molar-refractivity contribution in [1.82, 2.24) is 24.8 Å². The number of nitrogens with zero attached hydrogens (tertiary/aromatic N) is 5. The molecule has 4 rings (SSSR count). The van der Waals surface area contributed by atoms with Crippen LogP contribution in [0, 0.1) is 5.92 Å². The molecular weight excluding hydrogens is 406 g/mol. The van der Waals surface area contributed by atoms with E-state index in [1.807, 2.05) is 49.1 Å². The number of rotatable bonds is 9. The third-order valence-electron chi connectivity index (χ3n) is 5.81. The van der Waals surface area contributed by atoms with E-state index in [1.54, 1.807) is 6.33 Å². The van der Waals surface area contributed by atoms with Gasteiger partial charge in [-0.3, -0.25) is 4.79 Å². The Morgan fingerprint density at radius 1 is 1.25 bits per heavy atom. The van der Waals surface area contributed by atoms with Crippen molar-refractivity contribution in [1.29, 1.82) is 0 Å². The van der Waals surface area contributed by atoms with E-state index >= 15 is 0 Å². The zero-order valence-corrected chi connectivity index (χ0v) is 18.8. The monoisotopic (exact) mass is 437 g/mol. The Morgan fingerprint density at radius 3 is 2.84 bits per heavy atom. The Kier molecular flexibility index (Phi) is 7.03. The van der Waals surface area contributed by atoms with Gasteiger partial charge in [-0.25, -0.2) is 4.98 Å². The van der Waals surface area contributed by atoms with Crippen molar-refractivity contribution in [3.05, 3.63) is 36.7 Å². The summed E-state index contributed by atoms with van der Waals surface area (Å²) in [5, 5.41) is 3.34. The minimum Gasteiger partial charge on any atom is -0.492 e. The molecule has 1 saturated heterocycles. The van der Waals surface area contributed by atoms with Crippen LogP contribution in [-0.4, -0.2) is 70.1 Å². The molecule has 9 nitrogen and oxygen atoms in total. The van der Waals surface area contributed by atoms with Crippen LogP contribution in [-0.2, 0) is 4.79 Å². The van der Waals surface area contributed by atoms with Crippen LogP contribution in [0.1, 0.15) is 26.7 Å². The number of hydrogen-bond donors (Lipinski definition) is 2. The number of carbonyl (C=O) groups is 1. The van der Waals surface area contributed by atoms with Crippen molar-refractivity contribution < 1.29 is 9.53 Å². The first-order valence-electron chi connectivity index (χ1n) is 11.4. The molecular formula is C23H31N7O2. The summed E-state index contributed by atoms with van der Waals surface area (Å²) in [7, 11) is 0. The van der Waals surface area contributed by atoms with E-state index in [0.717, 1.165) is 43.7 Å². The number of aromatic nitrogens is 4. The minimum absolute atomic E-state index is 0.0298. The molecule has 170 valence electrons. The molecule has 1 unspecified atom stereocenters. The van der Waals surface area contributed by atoms with Crippen LogP contribution in [0.4, 0.5) is 11.8 Å². The summed E-state index contributed by atoms with van der Waals surface area (Å²) in [5.74, 6) is 2.32. The van der Waals surface area contributed by atoms with Crippen LogP contribution in [0.3, 0.4) is 0 Å². The average Bonchev–Trinajstić information content (AvgIpc) is 3.32. The number of nitrogens with one attached hydrogen (secondary N) is 2. The normalized spacial score (nSPS) is 16.2. The summed E-state index contributed by atoms with van der Waals surface area (Å²) in [6.45, 7) is 8.06. The van der Waals surface area contributed by atoms with Crippen molar-refractivity contribution >= 4 is 28.8 Å². The summed E-state index contributed by atoms with van der Waals surface area (Å²) in [6, 6.07) is 9.72. The van der Waals surface area contributed by atoms with Gasteiger partial charge in [0.05, 0.1) is 18.8 Å². The molecule has 32 heavy (non-hydrogen) atoms. The Hall–Kier alpha value is -3.36. The molecule has 1 aromatic carbocycles. The fourth-order valence-corrected chi connectivity index (χ4v) is 4.10. The number of piperidine rings is 1. The van der Waals surface area contributed by atoms with Crippen molar-refractivity contribution in [2.24, 2.45) is 5.92 Å². The third-order valence-corrected chi connectivity index (χ3v) is 5.81. The highest BCUT2D eigenvalue weighted by Crippen LogP contribution is 2.26. The van der Waals surface area contributed by atoms with Crippen LogP contribution in [0.15, 0.2) is 36.7 Å². The molecule has 1 fully saturated rings. The molecule has 1 amide bonds. The first-order valence-corrected chi connectivity index (χ1v) is 11.4. The van der Waals surface area contributed by atoms with Crippen molar-refractivity contribution in [3.8, 4) is 5.75 Å². The van der Waals surface area contributed by atoms with Gasteiger partial charge in [0.15, 0.2) is 11.5 Å². The lowest BCUT2D eigenvalue weighted by Crippen LogP contribution is -2.45. The number of benzene rings is 1. The molecule has 1 aliphatic rings. The van der Waals surface area contributed by atoms with E-state index in [4.69, 9.17) is 9.72 Å². The Morgan fingerprint density at radius 2 is 2.06 bits per heavy atom. The van der Waals surface area contributed by atoms with Crippen LogP contribution in [0.2, 0.25) is 0 Å². The van der Waals surface area contributed by atoms with E-state index in [9.17, 15) is 4.79 Å². The summed E-state index contributed by atoms with van der Waals surface area (Å²) >= 11 is 0. The predicted octanol–water partition coefficient (Wildman–Crippen LogP) is 2.93. The number of amides is 1. The molecule has 1 aliphatic heterocycles. The number of imidazole rings is 1. The molecule has 1 atom stereocenters.